The Morgan fingerprint density at radius 1 is 1.23 bits per heavy atom. The highest BCUT2D eigenvalue weighted by atomic mass is 35.5. The summed E-state index contributed by atoms with van der Waals surface area (Å²) in [6.45, 7) is 1.89. The van der Waals surface area contributed by atoms with Gasteiger partial charge in [-0.2, -0.15) is 5.10 Å². The van der Waals surface area contributed by atoms with Gasteiger partial charge in [0.25, 0.3) is 0 Å². The Bertz CT molecular complexity index is 1260. The SMILES string of the molecule is CCc1ncn(-c2cc3c(cc2F)S(=O)(=O)C[C@H](N)C(=O)N3Cc2ccc(Cl)cc2)n1. The third kappa shape index (κ3) is 4.06. The van der Waals surface area contributed by atoms with Crippen LogP contribution in [0.2, 0.25) is 5.02 Å². The lowest BCUT2D eigenvalue weighted by molar-refractivity contribution is -0.119. The molecule has 0 fully saturated rings. The first-order chi connectivity index (χ1) is 14.7. The van der Waals surface area contributed by atoms with E-state index in [0.29, 0.717) is 22.8 Å². The van der Waals surface area contributed by atoms with Crippen molar-refractivity contribution in [2.75, 3.05) is 10.7 Å². The number of carbonyl (C=O) groups is 1. The molecule has 1 aromatic heterocycles. The minimum atomic E-state index is -4.01. The fourth-order valence-corrected chi connectivity index (χ4v) is 5.09. The van der Waals surface area contributed by atoms with Crippen molar-refractivity contribution < 1.29 is 17.6 Å². The number of aromatic nitrogens is 3. The van der Waals surface area contributed by atoms with E-state index in [9.17, 15) is 17.6 Å². The summed E-state index contributed by atoms with van der Waals surface area (Å²) in [7, 11) is -4.01. The number of nitrogens with zero attached hydrogens (tertiary/aromatic N) is 4. The molecule has 0 saturated carbocycles. The summed E-state index contributed by atoms with van der Waals surface area (Å²) in [6.07, 6.45) is 1.88. The number of hydrogen-bond donors (Lipinski definition) is 1. The lowest BCUT2D eigenvalue weighted by Crippen LogP contribution is -2.45. The van der Waals surface area contributed by atoms with Crippen LogP contribution in [0, 0.1) is 5.82 Å². The summed E-state index contributed by atoms with van der Waals surface area (Å²) in [5.41, 5.74) is 6.62. The largest absolute Gasteiger partial charge is 0.319 e. The Hall–Kier alpha value is -2.82. The van der Waals surface area contributed by atoms with Crippen LogP contribution < -0.4 is 10.6 Å². The third-order valence-electron chi connectivity index (χ3n) is 4.99. The average Bonchev–Trinajstić information content (AvgIpc) is 3.19. The predicted octanol–water partition coefficient (Wildman–Crippen LogP) is 2.27. The van der Waals surface area contributed by atoms with Crippen LogP contribution >= 0.6 is 11.6 Å². The molecule has 1 amide bonds. The molecular formula is C20H19ClFN5O3S. The molecule has 0 aliphatic carbocycles. The molecule has 1 aliphatic heterocycles. The molecule has 31 heavy (non-hydrogen) atoms. The van der Waals surface area contributed by atoms with E-state index in [0.717, 1.165) is 6.07 Å². The predicted molar refractivity (Wildman–Crippen MR) is 113 cm³/mol. The second-order valence-electron chi connectivity index (χ2n) is 7.17. The van der Waals surface area contributed by atoms with E-state index in [1.54, 1.807) is 24.3 Å². The molecule has 4 rings (SSSR count). The molecule has 0 saturated heterocycles. The summed E-state index contributed by atoms with van der Waals surface area (Å²) in [5.74, 6) is -1.50. The third-order valence-corrected chi connectivity index (χ3v) is 7.04. The Kier molecular flexibility index (Phi) is 5.54. The van der Waals surface area contributed by atoms with Gasteiger partial charge in [-0.15, -0.1) is 0 Å². The fraction of sp³-hybridized carbons (Fsp3) is 0.250. The lowest BCUT2D eigenvalue weighted by atomic mass is 10.1. The molecule has 0 spiro atoms. The number of halogens is 2. The van der Waals surface area contributed by atoms with Crippen LogP contribution in [-0.2, 0) is 27.6 Å². The topological polar surface area (TPSA) is 111 Å². The van der Waals surface area contributed by atoms with Crippen LogP contribution in [0.5, 0.6) is 0 Å². The maximum Gasteiger partial charge on any atom is 0.245 e. The molecule has 2 N–H and O–H groups in total. The Balaban J connectivity index is 1.90. The normalized spacial score (nSPS) is 18.0. The van der Waals surface area contributed by atoms with Crippen molar-refractivity contribution in [2.45, 2.75) is 30.8 Å². The fourth-order valence-electron chi connectivity index (χ4n) is 3.40. The van der Waals surface area contributed by atoms with Gasteiger partial charge in [-0.1, -0.05) is 30.7 Å². The van der Waals surface area contributed by atoms with Gasteiger partial charge in [0.1, 0.15) is 17.8 Å². The van der Waals surface area contributed by atoms with E-state index in [-0.39, 0.29) is 22.8 Å². The summed E-state index contributed by atoms with van der Waals surface area (Å²) in [5, 5.41) is 4.72. The first kappa shape index (κ1) is 21.4. The maximum atomic E-state index is 14.9. The molecule has 0 unspecified atom stereocenters. The van der Waals surface area contributed by atoms with Crippen LogP contribution in [0.25, 0.3) is 5.69 Å². The van der Waals surface area contributed by atoms with Crippen LogP contribution in [0.3, 0.4) is 0 Å². The van der Waals surface area contributed by atoms with Crippen molar-refractivity contribution in [3.8, 4) is 5.69 Å². The molecule has 8 nitrogen and oxygen atoms in total. The number of benzene rings is 2. The van der Waals surface area contributed by atoms with Gasteiger partial charge < -0.3 is 10.6 Å². The van der Waals surface area contributed by atoms with Crippen molar-refractivity contribution >= 4 is 33.0 Å². The highest BCUT2D eigenvalue weighted by Gasteiger charge is 2.37. The monoisotopic (exact) mass is 463 g/mol. The van der Waals surface area contributed by atoms with Crippen LogP contribution in [-0.4, -0.2) is 40.9 Å². The minimum Gasteiger partial charge on any atom is -0.319 e. The summed E-state index contributed by atoms with van der Waals surface area (Å²) in [4.78, 5) is 18.1. The van der Waals surface area contributed by atoms with Crippen molar-refractivity contribution in [3.63, 3.8) is 0 Å². The number of rotatable bonds is 4. The zero-order chi connectivity index (χ0) is 22.3. The first-order valence-electron chi connectivity index (χ1n) is 9.48. The summed E-state index contributed by atoms with van der Waals surface area (Å²) < 4.78 is 41.9. The molecule has 2 aromatic carbocycles. The Morgan fingerprint density at radius 3 is 2.58 bits per heavy atom. The lowest BCUT2D eigenvalue weighted by Gasteiger charge is -2.25. The number of anilines is 1. The second-order valence-corrected chi connectivity index (χ2v) is 9.61. The van der Waals surface area contributed by atoms with Gasteiger partial charge in [-0.25, -0.2) is 22.5 Å². The zero-order valence-electron chi connectivity index (χ0n) is 16.5. The summed E-state index contributed by atoms with van der Waals surface area (Å²) >= 11 is 5.93. The zero-order valence-corrected chi connectivity index (χ0v) is 18.1. The molecule has 1 atom stereocenters. The van der Waals surface area contributed by atoms with Gasteiger partial charge in [0, 0.05) is 11.4 Å². The van der Waals surface area contributed by atoms with Crippen LogP contribution in [0.4, 0.5) is 10.1 Å². The van der Waals surface area contributed by atoms with Gasteiger partial charge in [-0.05, 0) is 29.8 Å². The van der Waals surface area contributed by atoms with Crippen LogP contribution in [0.1, 0.15) is 18.3 Å². The highest BCUT2D eigenvalue weighted by molar-refractivity contribution is 7.91. The van der Waals surface area contributed by atoms with Gasteiger partial charge >= 0.3 is 0 Å². The van der Waals surface area contributed by atoms with E-state index in [2.05, 4.69) is 10.1 Å². The molecule has 1 aliphatic rings. The highest BCUT2D eigenvalue weighted by Crippen LogP contribution is 2.35. The Labute approximate surface area is 183 Å². The maximum absolute atomic E-state index is 14.9. The molecule has 0 radical (unpaired) electrons. The quantitative estimate of drug-likeness (QED) is 0.635. The van der Waals surface area contributed by atoms with E-state index in [1.165, 1.54) is 22.0 Å². The number of nitrogens with two attached hydrogens (primary N) is 1. The number of carbonyl (C=O) groups excluding carboxylic acids is 1. The van der Waals surface area contributed by atoms with Gasteiger partial charge in [0.05, 0.1) is 28.9 Å². The molecule has 2 heterocycles. The van der Waals surface area contributed by atoms with Crippen molar-refractivity contribution in [1.82, 2.24) is 14.8 Å². The number of hydrogen-bond acceptors (Lipinski definition) is 6. The number of aryl methyl sites for hydroxylation is 1. The second kappa shape index (κ2) is 8.03. The number of amides is 1. The van der Waals surface area contributed by atoms with Gasteiger partial charge in [0.2, 0.25) is 5.91 Å². The smallest absolute Gasteiger partial charge is 0.245 e. The van der Waals surface area contributed by atoms with E-state index < -0.39 is 33.4 Å². The molecular weight excluding hydrogens is 445 g/mol. The minimum absolute atomic E-state index is 0.0227. The molecule has 162 valence electrons. The van der Waals surface area contributed by atoms with Crippen LogP contribution in [0.15, 0.2) is 47.6 Å². The van der Waals surface area contributed by atoms with E-state index >= 15 is 0 Å². The average molecular weight is 464 g/mol. The van der Waals surface area contributed by atoms with Crippen molar-refractivity contribution in [3.05, 3.63) is 65.0 Å². The van der Waals surface area contributed by atoms with Crippen molar-refractivity contribution in [2.24, 2.45) is 5.73 Å². The van der Waals surface area contributed by atoms with E-state index in [4.69, 9.17) is 17.3 Å². The van der Waals surface area contributed by atoms with Gasteiger partial charge in [0.15, 0.2) is 15.7 Å². The molecule has 3 aromatic rings. The standard InChI is InChI=1S/C20H19ClFN5O3S/c1-2-19-24-11-27(25-19)16-8-17-18(7-14(16)22)31(29,30)10-15(23)20(28)26(17)9-12-3-5-13(21)6-4-12/h3-8,11,15H,2,9-10,23H2,1H3/t15-/m0/s1. The first-order valence-corrected chi connectivity index (χ1v) is 11.5. The summed E-state index contributed by atoms with van der Waals surface area (Å²) in [6, 6.07) is 7.68. The van der Waals surface area contributed by atoms with Crippen molar-refractivity contribution in [1.29, 1.82) is 0 Å². The van der Waals surface area contributed by atoms with Gasteiger partial charge in [-0.3, -0.25) is 4.79 Å². The number of sulfone groups is 1. The molecule has 11 heteroatoms. The van der Waals surface area contributed by atoms with E-state index in [1.807, 2.05) is 6.92 Å². The number of fused-ring (bicyclic) bond motifs is 1. The Morgan fingerprint density at radius 2 is 1.94 bits per heavy atom. The molecule has 0 bridgehead atoms.